The van der Waals surface area contributed by atoms with Crippen LogP contribution in [0.4, 0.5) is 11.4 Å². The highest BCUT2D eigenvalue weighted by Crippen LogP contribution is 2.38. The summed E-state index contributed by atoms with van der Waals surface area (Å²) in [6.07, 6.45) is 0. The van der Waals surface area contributed by atoms with Crippen molar-refractivity contribution in [1.29, 1.82) is 0 Å². The summed E-state index contributed by atoms with van der Waals surface area (Å²) in [4.78, 5) is 2.28. The average Bonchev–Trinajstić information content (AvgIpc) is 2.60. The van der Waals surface area contributed by atoms with E-state index in [9.17, 15) is 0 Å². The van der Waals surface area contributed by atoms with E-state index in [0.717, 1.165) is 24.7 Å². The molecule has 0 saturated heterocycles. The lowest BCUT2D eigenvalue weighted by atomic mass is 10.2. The Labute approximate surface area is 78.3 Å². The van der Waals surface area contributed by atoms with Crippen LogP contribution in [0.15, 0.2) is 18.2 Å². The summed E-state index contributed by atoms with van der Waals surface area (Å²) in [5.41, 5.74) is 2.36. The molecule has 0 radical (unpaired) electrons. The van der Waals surface area contributed by atoms with Gasteiger partial charge in [0.25, 0.3) is 0 Å². The lowest BCUT2D eigenvalue weighted by Gasteiger charge is -2.14. The molecule has 0 unspecified atom stereocenters. The molecule has 0 fully saturated rings. The van der Waals surface area contributed by atoms with Crippen LogP contribution in [0.3, 0.4) is 0 Å². The van der Waals surface area contributed by atoms with Crippen molar-refractivity contribution in [2.24, 2.45) is 0 Å². The highest BCUT2D eigenvalue weighted by Gasteiger charge is 2.19. The second-order valence-electron chi connectivity index (χ2n) is 3.05. The molecule has 0 saturated carbocycles. The van der Waals surface area contributed by atoms with Crippen molar-refractivity contribution in [2.45, 2.75) is 6.92 Å². The van der Waals surface area contributed by atoms with Crippen LogP contribution in [-0.2, 0) is 0 Å². The molecule has 13 heavy (non-hydrogen) atoms. The van der Waals surface area contributed by atoms with Gasteiger partial charge in [0.05, 0.1) is 19.5 Å². The molecule has 0 aromatic heterocycles. The zero-order valence-corrected chi connectivity index (χ0v) is 8.00. The molecule has 1 N–H and O–H groups in total. The van der Waals surface area contributed by atoms with Crippen molar-refractivity contribution >= 4 is 11.4 Å². The summed E-state index contributed by atoms with van der Waals surface area (Å²) < 4.78 is 5.26. The first-order valence-corrected chi connectivity index (χ1v) is 4.52. The third-order valence-electron chi connectivity index (χ3n) is 2.39. The molecule has 0 amide bonds. The lowest BCUT2D eigenvalue weighted by Crippen LogP contribution is -2.21. The Morgan fingerprint density at radius 2 is 2.38 bits per heavy atom. The van der Waals surface area contributed by atoms with Crippen molar-refractivity contribution in [2.75, 3.05) is 30.5 Å². The Bertz CT molecular complexity index is 312. The molecule has 1 aliphatic heterocycles. The largest absolute Gasteiger partial charge is 0.495 e. The normalized spacial score (nSPS) is 13.8. The quantitative estimate of drug-likeness (QED) is 0.748. The zero-order valence-electron chi connectivity index (χ0n) is 8.00. The van der Waals surface area contributed by atoms with Gasteiger partial charge in [0, 0.05) is 6.54 Å². The summed E-state index contributed by atoms with van der Waals surface area (Å²) in [6.45, 7) is 4.05. The van der Waals surface area contributed by atoms with E-state index in [1.165, 1.54) is 5.69 Å². The standard InChI is InChI=1S/C10H14N2O/c1-3-12-7-11-10-8(12)5-4-6-9(10)13-2/h4-6,11H,3,7H2,1-2H3. The maximum Gasteiger partial charge on any atom is 0.144 e. The highest BCUT2D eigenvalue weighted by atomic mass is 16.5. The second kappa shape index (κ2) is 3.17. The Morgan fingerprint density at radius 1 is 1.54 bits per heavy atom. The van der Waals surface area contributed by atoms with E-state index in [1.807, 2.05) is 12.1 Å². The van der Waals surface area contributed by atoms with E-state index < -0.39 is 0 Å². The summed E-state index contributed by atoms with van der Waals surface area (Å²) in [5.74, 6) is 0.924. The third kappa shape index (κ3) is 1.20. The van der Waals surface area contributed by atoms with Crippen LogP contribution in [-0.4, -0.2) is 20.3 Å². The Morgan fingerprint density at radius 3 is 3.08 bits per heavy atom. The molecule has 1 aromatic carbocycles. The Kier molecular flexibility index (Phi) is 2.00. The van der Waals surface area contributed by atoms with E-state index in [4.69, 9.17) is 4.74 Å². The summed E-state index contributed by atoms with van der Waals surface area (Å²) in [6, 6.07) is 6.11. The lowest BCUT2D eigenvalue weighted by molar-refractivity contribution is 0.417. The van der Waals surface area contributed by atoms with E-state index in [2.05, 4.69) is 23.2 Å². The first-order valence-electron chi connectivity index (χ1n) is 4.52. The van der Waals surface area contributed by atoms with E-state index in [-0.39, 0.29) is 0 Å². The number of fused-ring (bicyclic) bond motifs is 1. The predicted molar refractivity (Wildman–Crippen MR) is 54.5 cm³/mol. The number of para-hydroxylation sites is 1. The van der Waals surface area contributed by atoms with Gasteiger partial charge in [-0.2, -0.15) is 0 Å². The molecule has 1 aromatic rings. The smallest absolute Gasteiger partial charge is 0.144 e. The van der Waals surface area contributed by atoms with Crippen molar-refractivity contribution in [1.82, 2.24) is 0 Å². The van der Waals surface area contributed by atoms with Gasteiger partial charge in [0.2, 0.25) is 0 Å². The highest BCUT2D eigenvalue weighted by molar-refractivity contribution is 5.80. The molecular weight excluding hydrogens is 164 g/mol. The maximum atomic E-state index is 5.26. The van der Waals surface area contributed by atoms with E-state index >= 15 is 0 Å². The molecule has 3 nitrogen and oxygen atoms in total. The van der Waals surface area contributed by atoms with Crippen LogP contribution in [0.1, 0.15) is 6.92 Å². The second-order valence-corrected chi connectivity index (χ2v) is 3.05. The molecule has 1 heterocycles. The molecule has 2 rings (SSSR count). The van der Waals surface area contributed by atoms with Crippen LogP contribution in [0.5, 0.6) is 5.75 Å². The Balaban J connectivity index is 2.43. The molecule has 0 spiro atoms. The average molecular weight is 178 g/mol. The minimum Gasteiger partial charge on any atom is -0.495 e. The number of ether oxygens (including phenoxy) is 1. The van der Waals surface area contributed by atoms with Gasteiger partial charge in [-0.15, -0.1) is 0 Å². The van der Waals surface area contributed by atoms with Crippen molar-refractivity contribution in [3.05, 3.63) is 18.2 Å². The van der Waals surface area contributed by atoms with Crippen LogP contribution < -0.4 is 15.0 Å². The van der Waals surface area contributed by atoms with Crippen LogP contribution in [0, 0.1) is 0 Å². The molecule has 0 atom stereocenters. The predicted octanol–water partition coefficient (Wildman–Crippen LogP) is 1.90. The summed E-state index contributed by atoms with van der Waals surface area (Å²) >= 11 is 0. The number of anilines is 2. The number of hydrogen-bond acceptors (Lipinski definition) is 3. The van der Waals surface area contributed by atoms with Gasteiger partial charge in [-0.3, -0.25) is 0 Å². The molecule has 70 valence electrons. The molecule has 0 bridgehead atoms. The van der Waals surface area contributed by atoms with Crippen molar-refractivity contribution in [3.63, 3.8) is 0 Å². The molecular formula is C10H14N2O. The number of hydrogen-bond donors (Lipinski definition) is 1. The van der Waals surface area contributed by atoms with Gasteiger partial charge < -0.3 is 15.0 Å². The van der Waals surface area contributed by atoms with Crippen LogP contribution in [0.25, 0.3) is 0 Å². The fourth-order valence-corrected chi connectivity index (χ4v) is 1.67. The fraction of sp³-hybridized carbons (Fsp3) is 0.400. The third-order valence-corrected chi connectivity index (χ3v) is 2.39. The van der Waals surface area contributed by atoms with Gasteiger partial charge in [0.1, 0.15) is 11.4 Å². The number of nitrogens with zero attached hydrogens (tertiary/aromatic N) is 1. The van der Waals surface area contributed by atoms with Gasteiger partial charge >= 0.3 is 0 Å². The first kappa shape index (κ1) is 8.23. The van der Waals surface area contributed by atoms with Crippen molar-refractivity contribution < 1.29 is 4.74 Å². The SMILES string of the molecule is CCN1CNc2c(OC)cccc21. The number of rotatable bonds is 2. The number of benzene rings is 1. The summed E-state index contributed by atoms with van der Waals surface area (Å²) in [7, 11) is 1.70. The van der Waals surface area contributed by atoms with Gasteiger partial charge in [-0.25, -0.2) is 0 Å². The van der Waals surface area contributed by atoms with Crippen LogP contribution in [0.2, 0.25) is 0 Å². The molecule has 3 heteroatoms. The number of nitrogens with one attached hydrogen (secondary N) is 1. The molecule has 0 aliphatic carbocycles. The van der Waals surface area contributed by atoms with E-state index in [1.54, 1.807) is 7.11 Å². The number of methoxy groups -OCH3 is 1. The van der Waals surface area contributed by atoms with Crippen LogP contribution >= 0.6 is 0 Å². The van der Waals surface area contributed by atoms with E-state index in [0.29, 0.717) is 0 Å². The minimum absolute atomic E-state index is 0.881. The van der Waals surface area contributed by atoms with Crippen molar-refractivity contribution in [3.8, 4) is 5.75 Å². The Hall–Kier alpha value is -1.38. The topological polar surface area (TPSA) is 24.5 Å². The van der Waals surface area contributed by atoms with Gasteiger partial charge in [0.15, 0.2) is 0 Å². The summed E-state index contributed by atoms with van der Waals surface area (Å²) in [5, 5.41) is 3.32. The molecule has 1 aliphatic rings. The van der Waals surface area contributed by atoms with Gasteiger partial charge in [-0.1, -0.05) is 6.07 Å². The van der Waals surface area contributed by atoms with Gasteiger partial charge in [-0.05, 0) is 19.1 Å². The zero-order chi connectivity index (χ0) is 9.26. The minimum atomic E-state index is 0.881. The maximum absolute atomic E-state index is 5.26. The monoisotopic (exact) mass is 178 g/mol. The first-order chi connectivity index (χ1) is 6.36. The fourth-order valence-electron chi connectivity index (χ4n) is 1.67.